The van der Waals surface area contributed by atoms with Crippen molar-refractivity contribution >= 4 is 15.9 Å². The van der Waals surface area contributed by atoms with Crippen LogP contribution in [0.25, 0.3) is 5.69 Å². The SMILES string of the molecule is Brc1cccc(-n2ncc3c2CNC3)c1. The van der Waals surface area contributed by atoms with Crippen LogP contribution in [0.5, 0.6) is 0 Å². The molecule has 3 nitrogen and oxygen atoms in total. The van der Waals surface area contributed by atoms with Crippen molar-refractivity contribution < 1.29 is 0 Å². The molecule has 0 saturated carbocycles. The summed E-state index contributed by atoms with van der Waals surface area (Å²) >= 11 is 3.47. The van der Waals surface area contributed by atoms with Crippen LogP contribution >= 0.6 is 15.9 Å². The molecule has 0 saturated heterocycles. The van der Waals surface area contributed by atoms with E-state index in [1.807, 2.05) is 23.0 Å². The average Bonchev–Trinajstić information content (AvgIpc) is 2.77. The molecule has 1 aliphatic rings. The van der Waals surface area contributed by atoms with Crippen LogP contribution in [-0.4, -0.2) is 9.78 Å². The van der Waals surface area contributed by atoms with E-state index in [0.717, 1.165) is 23.2 Å². The van der Waals surface area contributed by atoms with Crippen molar-refractivity contribution in [3.05, 3.63) is 46.2 Å². The van der Waals surface area contributed by atoms with Crippen molar-refractivity contribution in [1.29, 1.82) is 0 Å². The van der Waals surface area contributed by atoms with Crippen LogP contribution in [0.2, 0.25) is 0 Å². The van der Waals surface area contributed by atoms with E-state index in [0.29, 0.717) is 0 Å². The van der Waals surface area contributed by atoms with Crippen molar-refractivity contribution in [2.24, 2.45) is 0 Å². The summed E-state index contributed by atoms with van der Waals surface area (Å²) in [6.07, 6.45) is 1.94. The molecule has 3 rings (SSSR count). The van der Waals surface area contributed by atoms with Gasteiger partial charge in [-0.1, -0.05) is 22.0 Å². The summed E-state index contributed by atoms with van der Waals surface area (Å²) < 4.78 is 3.08. The molecule has 1 aromatic heterocycles. The van der Waals surface area contributed by atoms with Crippen molar-refractivity contribution in [2.45, 2.75) is 13.1 Å². The molecular weight excluding hydrogens is 254 g/mol. The molecule has 1 N–H and O–H groups in total. The summed E-state index contributed by atoms with van der Waals surface area (Å²) in [6, 6.07) is 8.18. The topological polar surface area (TPSA) is 29.9 Å². The van der Waals surface area contributed by atoms with Gasteiger partial charge in [-0.25, -0.2) is 4.68 Å². The molecule has 0 radical (unpaired) electrons. The number of halogens is 1. The lowest BCUT2D eigenvalue weighted by Crippen LogP contribution is -2.07. The van der Waals surface area contributed by atoms with Gasteiger partial charge in [0, 0.05) is 23.1 Å². The maximum atomic E-state index is 4.40. The third kappa shape index (κ3) is 1.50. The number of benzene rings is 1. The summed E-state index contributed by atoms with van der Waals surface area (Å²) in [5, 5.41) is 7.72. The molecule has 0 bridgehead atoms. The minimum Gasteiger partial charge on any atom is -0.307 e. The van der Waals surface area contributed by atoms with E-state index in [9.17, 15) is 0 Å². The van der Waals surface area contributed by atoms with Crippen molar-refractivity contribution in [1.82, 2.24) is 15.1 Å². The first kappa shape index (κ1) is 9.12. The largest absolute Gasteiger partial charge is 0.307 e. The highest BCUT2D eigenvalue weighted by atomic mass is 79.9. The van der Waals surface area contributed by atoms with Gasteiger partial charge in [-0.2, -0.15) is 5.10 Å². The fourth-order valence-electron chi connectivity index (χ4n) is 1.89. The lowest BCUT2D eigenvalue weighted by atomic mass is 10.3. The van der Waals surface area contributed by atoms with E-state index < -0.39 is 0 Å². The molecule has 0 atom stereocenters. The summed E-state index contributed by atoms with van der Waals surface area (Å²) in [6.45, 7) is 1.84. The Balaban J connectivity index is 2.13. The summed E-state index contributed by atoms with van der Waals surface area (Å²) in [4.78, 5) is 0. The lowest BCUT2D eigenvalue weighted by Gasteiger charge is -2.05. The Labute approximate surface area is 96.2 Å². The Kier molecular flexibility index (Phi) is 2.11. The molecule has 2 aromatic rings. The highest BCUT2D eigenvalue weighted by Gasteiger charge is 2.16. The number of nitrogens with one attached hydrogen (secondary N) is 1. The normalized spacial score (nSPS) is 14.2. The number of aromatic nitrogens is 2. The predicted octanol–water partition coefficient (Wildman–Crippen LogP) is 2.24. The smallest absolute Gasteiger partial charge is 0.0660 e. The van der Waals surface area contributed by atoms with Crippen molar-refractivity contribution in [2.75, 3.05) is 0 Å². The molecule has 0 unspecified atom stereocenters. The zero-order chi connectivity index (χ0) is 10.3. The highest BCUT2D eigenvalue weighted by Crippen LogP contribution is 2.21. The van der Waals surface area contributed by atoms with Gasteiger partial charge in [-0.15, -0.1) is 0 Å². The van der Waals surface area contributed by atoms with Gasteiger partial charge in [0.1, 0.15) is 0 Å². The molecule has 4 heteroatoms. The number of hydrogen-bond acceptors (Lipinski definition) is 2. The second-order valence-corrected chi connectivity index (χ2v) is 4.53. The minimum absolute atomic E-state index is 0.905. The van der Waals surface area contributed by atoms with Gasteiger partial charge in [-0.05, 0) is 18.2 Å². The van der Waals surface area contributed by atoms with E-state index in [1.165, 1.54) is 11.3 Å². The summed E-state index contributed by atoms with van der Waals surface area (Å²) in [7, 11) is 0. The van der Waals surface area contributed by atoms with E-state index in [1.54, 1.807) is 0 Å². The van der Waals surface area contributed by atoms with Gasteiger partial charge in [0.25, 0.3) is 0 Å². The first-order valence-corrected chi connectivity index (χ1v) is 5.66. The zero-order valence-corrected chi connectivity index (χ0v) is 9.66. The average molecular weight is 264 g/mol. The van der Waals surface area contributed by atoms with E-state index in [4.69, 9.17) is 0 Å². The summed E-state index contributed by atoms with van der Waals surface area (Å²) in [5.41, 5.74) is 3.68. The van der Waals surface area contributed by atoms with Crippen LogP contribution in [0.1, 0.15) is 11.3 Å². The molecule has 0 amide bonds. The maximum Gasteiger partial charge on any atom is 0.0660 e. The summed E-state index contributed by atoms with van der Waals surface area (Å²) in [5.74, 6) is 0. The maximum absolute atomic E-state index is 4.40. The molecule has 1 aromatic carbocycles. The highest BCUT2D eigenvalue weighted by molar-refractivity contribution is 9.10. The number of nitrogens with zero attached hydrogens (tertiary/aromatic N) is 2. The first-order chi connectivity index (χ1) is 7.34. The molecule has 76 valence electrons. The van der Waals surface area contributed by atoms with Crippen LogP contribution in [0, 0.1) is 0 Å². The van der Waals surface area contributed by atoms with E-state index >= 15 is 0 Å². The predicted molar refractivity (Wildman–Crippen MR) is 61.8 cm³/mol. The van der Waals surface area contributed by atoms with Gasteiger partial charge in [0.2, 0.25) is 0 Å². The van der Waals surface area contributed by atoms with Crippen LogP contribution in [0.15, 0.2) is 34.9 Å². The Morgan fingerprint density at radius 1 is 1.33 bits per heavy atom. The van der Waals surface area contributed by atoms with Crippen LogP contribution in [-0.2, 0) is 13.1 Å². The monoisotopic (exact) mass is 263 g/mol. The molecule has 0 fully saturated rings. The number of rotatable bonds is 1. The quantitative estimate of drug-likeness (QED) is 0.856. The number of fused-ring (bicyclic) bond motifs is 1. The molecule has 2 heterocycles. The van der Waals surface area contributed by atoms with Crippen LogP contribution in [0.3, 0.4) is 0 Å². The molecule has 1 aliphatic heterocycles. The van der Waals surface area contributed by atoms with Crippen molar-refractivity contribution in [3.63, 3.8) is 0 Å². The van der Waals surface area contributed by atoms with E-state index in [2.05, 4.69) is 38.5 Å². The first-order valence-electron chi connectivity index (χ1n) is 4.87. The van der Waals surface area contributed by atoms with Crippen LogP contribution < -0.4 is 5.32 Å². The Morgan fingerprint density at radius 3 is 3.13 bits per heavy atom. The van der Waals surface area contributed by atoms with Gasteiger partial charge < -0.3 is 5.32 Å². The third-order valence-corrected chi connectivity index (χ3v) is 3.11. The molecule has 0 spiro atoms. The third-order valence-electron chi connectivity index (χ3n) is 2.62. The van der Waals surface area contributed by atoms with E-state index in [-0.39, 0.29) is 0 Å². The van der Waals surface area contributed by atoms with Gasteiger partial charge >= 0.3 is 0 Å². The Hall–Kier alpha value is -1.13. The fourth-order valence-corrected chi connectivity index (χ4v) is 2.28. The van der Waals surface area contributed by atoms with Crippen molar-refractivity contribution in [3.8, 4) is 5.69 Å². The van der Waals surface area contributed by atoms with Gasteiger partial charge in [-0.3, -0.25) is 0 Å². The lowest BCUT2D eigenvalue weighted by molar-refractivity contribution is 0.711. The second-order valence-electron chi connectivity index (χ2n) is 3.61. The zero-order valence-electron chi connectivity index (χ0n) is 8.07. The second kappa shape index (κ2) is 3.47. The standard InChI is InChI=1S/C11H10BrN3/c12-9-2-1-3-10(4-9)15-11-7-13-5-8(11)6-14-15/h1-4,6,13H,5,7H2. The minimum atomic E-state index is 0.905. The Morgan fingerprint density at radius 2 is 2.27 bits per heavy atom. The molecular formula is C11H10BrN3. The Bertz CT molecular complexity index is 504. The fraction of sp³-hybridized carbons (Fsp3) is 0.182. The van der Waals surface area contributed by atoms with Gasteiger partial charge in [0.15, 0.2) is 0 Å². The van der Waals surface area contributed by atoms with Gasteiger partial charge in [0.05, 0.1) is 17.6 Å². The molecule has 15 heavy (non-hydrogen) atoms. The number of hydrogen-bond donors (Lipinski definition) is 1. The van der Waals surface area contributed by atoms with Crippen LogP contribution in [0.4, 0.5) is 0 Å². The molecule has 0 aliphatic carbocycles.